The molecule has 0 aliphatic carbocycles. The Kier molecular flexibility index (Phi) is 3.81. The first-order valence-electron chi connectivity index (χ1n) is 9.14. The number of benzene rings is 2. The van der Waals surface area contributed by atoms with Crippen molar-refractivity contribution in [1.29, 1.82) is 0 Å². The van der Waals surface area contributed by atoms with Crippen LogP contribution in [0.2, 0.25) is 0 Å². The van der Waals surface area contributed by atoms with Crippen molar-refractivity contribution in [1.82, 2.24) is 4.67 Å². The first kappa shape index (κ1) is 17.4. The molecule has 28 heavy (non-hydrogen) atoms. The summed E-state index contributed by atoms with van der Waals surface area (Å²) in [5, 5.41) is 0. The summed E-state index contributed by atoms with van der Waals surface area (Å²) in [5.41, 5.74) is 3.00. The molecule has 3 aliphatic heterocycles. The zero-order valence-electron chi connectivity index (χ0n) is 15.7. The number of aliphatic imine (C=N–C) groups is 1. The number of rotatable bonds is 4. The minimum atomic E-state index is -3.84. The van der Waals surface area contributed by atoms with Crippen molar-refractivity contribution in [3.8, 4) is 0 Å². The standard InChI is InChI=1S/C22H21N2O3P/c1-25-28(26-2)22(23-19-15-9-10-16-24(19)28)20(17-11-5-3-6-12-17)21(27-28)18-13-7-4-8-14-18/h3-16,22H,1-2H3. The summed E-state index contributed by atoms with van der Waals surface area (Å²) in [6.45, 7) is 0. The fourth-order valence-electron chi connectivity index (χ4n) is 4.10. The topological polar surface area (TPSA) is 43.3 Å². The predicted molar refractivity (Wildman–Crippen MR) is 113 cm³/mol. The Bertz CT molecular complexity index is 1040. The third-order valence-electron chi connectivity index (χ3n) is 5.43. The van der Waals surface area contributed by atoms with E-state index in [9.17, 15) is 0 Å². The molecule has 3 heterocycles. The third-order valence-corrected chi connectivity index (χ3v) is 9.59. The number of nitrogens with zero attached hydrogens (tertiary/aromatic N) is 2. The van der Waals surface area contributed by atoms with Gasteiger partial charge in [0.15, 0.2) is 0 Å². The molecule has 5 nitrogen and oxygen atoms in total. The van der Waals surface area contributed by atoms with Crippen LogP contribution in [0.1, 0.15) is 11.1 Å². The van der Waals surface area contributed by atoms with Crippen LogP contribution in [-0.2, 0) is 13.6 Å². The molecule has 0 N–H and O–H groups in total. The summed E-state index contributed by atoms with van der Waals surface area (Å²) in [4.78, 5) is 5.02. The normalized spacial score (nSPS) is 24.8. The summed E-state index contributed by atoms with van der Waals surface area (Å²) in [6, 6.07) is 20.3. The second-order valence-electron chi connectivity index (χ2n) is 6.74. The van der Waals surface area contributed by atoms with E-state index in [1.807, 2.05) is 77.6 Å². The zero-order valence-corrected chi connectivity index (χ0v) is 16.6. The van der Waals surface area contributed by atoms with E-state index in [0.717, 1.165) is 28.3 Å². The van der Waals surface area contributed by atoms with Gasteiger partial charge in [0.05, 0.1) is 0 Å². The molecule has 6 heteroatoms. The summed E-state index contributed by atoms with van der Waals surface area (Å²) in [5.74, 6) is 1.14. The summed E-state index contributed by atoms with van der Waals surface area (Å²) in [6.07, 6.45) is 7.79. The Hall–Kier alpha value is -2.72. The second-order valence-corrected chi connectivity index (χ2v) is 10.4. The van der Waals surface area contributed by atoms with Gasteiger partial charge in [-0.15, -0.1) is 0 Å². The van der Waals surface area contributed by atoms with Crippen molar-refractivity contribution in [3.05, 3.63) is 96.2 Å². The van der Waals surface area contributed by atoms with Crippen molar-refractivity contribution in [2.75, 3.05) is 14.2 Å². The van der Waals surface area contributed by atoms with E-state index in [0.29, 0.717) is 0 Å². The molecule has 1 unspecified atom stereocenters. The van der Waals surface area contributed by atoms with Gasteiger partial charge in [0.2, 0.25) is 0 Å². The molecule has 0 aromatic heterocycles. The fourth-order valence-corrected chi connectivity index (χ4v) is 7.93. The maximum absolute atomic E-state index is 6.77. The Morgan fingerprint density at radius 1 is 0.893 bits per heavy atom. The van der Waals surface area contributed by atoms with Crippen LogP contribution in [0.3, 0.4) is 0 Å². The number of hydrogen-bond donors (Lipinski definition) is 0. The molecule has 0 saturated carbocycles. The summed E-state index contributed by atoms with van der Waals surface area (Å²) < 4.78 is 21.1. The number of amidine groups is 1. The van der Waals surface area contributed by atoms with Gasteiger partial charge in [-0.05, 0) is 0 Å². The van der Waals surface area contributed by atoms with E-state index >= 15 is 0 Å². The first-order valence-corrected chi connectivity index (χ1v) is 11.2. The zero-order chi connectivity index (χ0) is 19.2. The summed E-state index contributed by atoms with van der Waals surface area (Å²) >= 11 is 0. The molecular weight excluding hydrogens is 371 g/mol. The van der Waals surface area contributed by atoms with Gasteiger partial charge in [-0.25, -0.2) is 0 Å². The van der Waals surface area contributed by atoms with E-state index in [2.05, 4.69) is 12.1 Å². The molecule has 0 amide bonds. The van der Waals surface area contributed by atoms with Crippen LogP contribution in [0, 0.1) is 0 Å². The van der Waals surface area contributed by atoms with Crippen LogP contribution in [0.15, 0.2) is 90.1 Å². The van der Waals surface area contributed by atoms with Crippen molar-refractivity contribution < 1.29 is 13.6 Å². The van der Waals surface area contributed by atoms with Crippen LogP contribution < -0.4 is 0 Å². The first-order chi connectivity index (χ1) is 13.7. The molecule has 0 bridgehead atoms. The minimum absolute atomic E-state index is 0.402. The van der Waals surface area contributed by atoms with Gasteiger partial charge >= 0.3 is 164 Å². The predicted octanol–water partition coefficient (Wildman–Crippen LogP) is 5.21. The van der Waals surface area contributed by atoms with E-state index in [1.165, 1.54) is 0 Å². The average molecular weight is 392 g/mol. The van der Waals surface area contributed by atoms with E-state index in [1.54, 1.807) is 14.2 Å². The van der Waals surface area contributed by atoms with Crippen LogP contribution in [0.5, 0.6) is 0 Å². The molecule has 3 aliphatic rings. The Balaban J connectivity index is 1.81. The number of hydrogen-bond acceptors (Lipinski definition) is 5. The molecule has 2 aromatic rings. The number of fused-ring (bicyclic) bond motifs is 3. The van der Waals surface area contributed by atoms with Gasteiger partial charge in [0.25, 0.3) is 0 Å². The SMILES string of the molecule is COP12(OC)OC(c3ccccc3)=C(c3ccccc3)C1N=C1C=CC=CN12. The van der Waals surface area contributed by atoms with Gasteiger partial charge in [-0.3, -0.25) is 0 Å². The van der Waals surface area contributed by atoms with E-state index < -0.39 is 13.2 Å². The van der Waals surface area contributed by atoms with Crippen LogP contribution in [0.25, 0.3) is 11.3 Å². The van der Waals surface area contributed by atoms with Gasteiger partial charge in [0.1, 0.15) is 0 Å². The monoisotopic (exact) mass is 392 g/mol. The Labute approximate surface area is 164 Å². The van der Waals surface area contributed by atoms with Crippen molar-refractivity contribution in [2.24, 2.45) is 4.99 Å². The van der Waals surface area contributed by atoms with Crippen molar-refractivity contribution >= 4 is 24.6 Å². The molecular formula is C22H21N2O3P. The van der Waals surface area contributed by atoms with Crippen LogP contribution >= 0.6 is 7.43 Å². The van der Waals surface area contributed by atoms with Gasteiger partial charge in [-0.1, -0.05) is 0 Å². The molecule has 2 aromatic carbocycles. The second kappa shape index (κ2) is 6.14. The molecule has 0 spiro atoms. The average Bonchev–Trinajstić information content (AvgIpc) is 3.23. The molecule has 1 atom stereocenters. The number of allylic oxidation sites excluding steroid dienone is 2. The summed E-state index contributed by atoms with van der Waals surface area (Å²) in [7, 11) is -0.540. The van der Waals surface area contributed by atoms with Gasteiger partial charge in [-0.2, -0.15) is 0 Å². The molecule has 142 valence electrons. The van der Waals surface area contributed by atoms with Gasteiger partial charge < -0.3 is 0 Å². The fraction of sp³-hybridized carbons (Fsp3) is 0.136. The third kappa shape index (κ3) is 2.09. The Morgan fingerprint density at radius 2 is 1.54 bits per heavy atom. The van der Waals surface area contributed by atoms with E-state index in [4.69, 9.17) is 18.6 Å². The van der Waals surface area contributed by atoms with Gasteiger partial charge in [0, 0.05) is 0 Å². The van der Waals surface area contributed by atoms with E-state index in [-0.39, 0.29) is 0 Å². The van der Waals surface area contributed by atoms with Crippen LogP contribution in [-0.4, -0.2) is 30.5 Å². The van der Waals surface area contributed by atoms with Crippen molar-refractivity contribution in [3.63, 3.8) is 0 Å². The molecule has 0 radical (unpaired) electrons. The van der Waals surface area contributed by atoms with Crippen LogP contribution in [0.4, 0.5) is 0 Å². The molecule has 5 rings (SSSR count). The molecule has 0 fully saturated rings. The quantitative estimate of drug-likeness (QED) is 0.670. The van der Waals surface area contributed by atoms with Crippen molar-refractivity contribution in [2.45, 2.75) is 5.78 Å². The molecule has 0 saturated heterocycles. The Morgan fingerprint density at radius 3 is 2.18 bits per heavy atom. The maximum atomic E-state index is 6.77.